The molecule has 3 aromatic rings. The van der Waals surface area contributed by atoms with Crippen molar-refractivity contribution in [2.24, 2.45) is 0 Å². The van der Waals surface area contributed by atoms with E-state index in [2.05, 4.69) is 15.0 Å². The number of nitrogen functional groups attached to an aromatic ring is 2. The number of benzene rings is 2. The van der Waals surface area contributed by atoms with E-state index >= 15 is 0 Å². The molecule has 8 heteroatoms. The summed E-state index contributed by atoms with van der Waals surface area (Å²) < 4.78 is 0. The molecule has 2 aromatic carbocycles. The van der Waals surface area contributed by atoms with Gasteiger partial charge in [0.15, 0.2) is 5.16 Å². The average Bonchev–Trinajstić information content (AvgIpc) is 2.67. The van der Waals surface area contributed by atoms with Crippen LogP contribution in [-0.2, 0) is 17.9 Å². The Hall–Kier alpha value is -3.13. The lowest BCUT2D eigenvalue weighted by molar-refractivity contribution is -0.131. The van der Waals surface area contributed by atoms with Gasteiger partial charge in [-0.3, -0.25) is 4.79 Å². The van der Waals surface area contributed by atoms with Crippen LogP contribution in [0.2, 0.25) is 0 Å². The second kappa shape index (κ2) is 9.18. The van der Waals surface area contributed by atoms with E-state index in [1.54, 1.807) is 0 Å². The van der Waals surface area contributed by atoms with Crippen molar-refractivity contribution in [1.29, 1.82) is 0 Å². The molecule has 0 saturated carbocycles. The van der Waals surface area contributed by atoms with Gasteiger partial charge in [0.25, 0.3) is 0 Å². The first-order chi connectivity index (χ1) is 13.5. The van der Waals surface area contributed by atoms with Crippen molar-refractivity contribution in [2.45, 2.75) is 30.4 Å². The van der Waals surface area contributed by atoms with E-state index in [0.29, 0.717) is 18.2 Å². The molecule has 1 atom stereocenters. The Bertz CT molecular complexity index is 861. The number of carbonyl (C=O) groups excluding carboxylic acids is 1. The second-order valence-electron chi connectivity index (χ2n) is 6.26. The van der Waals surface area contributed by atoms with Gasteiger partial charge in [0, 0.05) is 13.1 Å². The summed E-state index contributed by atoms with van der Waals surface area (Å²) in [6, 6.07) is 19.8. The van der Waals surface area contributed by atoms with Gasteiger partial charge in [0.05, 0.1) is 5.25 Å². The Morgan fingerprint density at radius 3 is 1.82 bits per heavy atom. The van der Waals surface area contributed by atoms with E-state index in [1.807, 2.05) is 72.5 Å². The third-order valence-electron chi connectivity index (χ3n) is 4.02. The zero-order valence-electron chi connectivity index (χ0n) is 15.5. The number of hydrogen-bond donors (Lipinski definition) is 2. The summed E-state index contributed by atoms with van der Waals surface area (Å²) in [4.78, 5) is 26.9. The number of hydrogen-bond acceptors (Lipinski definition) is 7. The molecule has 0 aliphatic rings. The lowest BCUT2D eigenvalue weighted by Gasteiger charge is -2.26. The van der Waals surface area contributed by atoms with Gasteiger partial charge in [-0.05, 0) is 18.1 Å². The smallest absolute Gasteiger partial charge is 0.236 e. The molecule has 7 nitrogen and oxygen atoms in total. The number of rotatable bonds is 7. The van der Waals surface area contributed by atoms with Gasteiger partial charge >= 0.3 is 0 Å². The van der Waals surface area contributed by atoms with Crippen LogP contribution in [0, 0.1) is 0 Å². The molecule has 28 heavy (non-hydrogen) atoms. The standard InChI is InChI=1S/C20H22N6OS/c1-14(28-20-24-18(21)23-19(22)25-20)17(27)26(12-15-8-4-2-5-9-15)13-16-10-6-3-7-11-16/h2-11,14H,12-13H2,1H3,(H4,21,22,23,24,25). The molecule has 0 spiro atoms. The molecule has 0 bridgehead atoms. The predicted molar refractivity (Wildman–Crippen MR) is 111 cm³/mol. The molecule has 4 N–H and O–H groups in total. The van der Waals surface area contributed by atoms with Gasteiger partial charge in [-0.1, -0.05) is 72.4 Å². The monoisotopic (exact) mass is 394 g/mol. The Morgan fingerprint density at radius 2 is 1.36 bits per heavy atom. The maximum atomic E-state index is 13.2. The molecule has 0 saturated heterocycles. The Labute approximate surface area is 168 Å². The molecule has 1 unspecified atom stereocenters. The molecular weight excluding hydrogens is 372 g/mol. The van der Waals surface area contributed by atoms with Crippen molar-refractivity contribution in [1.82, 2.24) is 19.9 Å². The van der Waals surface area contributed by atoms with E-state index in [-0.39, 0.29) is 17.8 Å². The number of nitrogens with two attached hydrogens (primary N) is 2. The maximum absolute atomic E-state index is 13.2. The molecule has 3 rings (SSSR count). The Morgan fingerprint density at radius 1 is 0.893 bits per heavy atom. The van der Waals surface area contributed by atoms with Gasteiger partial charge in [0.1, 0.15) is 0 Å². The van der Waals surface area contributed by atoms with Crippen molar-refractivity contribution < 1.29 is 4.79 Å². The largest absolute Gasteiger partial charge is 0.368 e. The predicted octanol–water partition coefficient (Wildman–Crippen LogP) is 2.75. The van der Waals surface area contributed by atoms with Crippen LogP contribution in [0.4, 0.5) is 11.9 Å². The Balaban J connectivity index is 1.78. The molecule has 0 aliphatic carbocycles. The van der Waals surface area contributed by atoms with Crippen molar-refractivity contribution in [3.05, 3.63) is 71.8 Å². The quantitative estimate of drug-likeness (QED) is 0.593. The molecular formula is C20H22N6OS. The number of aromatic nitrogens is 3. The highest BCUT2D eigenvalue weighted by atomic mass is 32.2. The van der Waals surface area contributed by atoms with Crippen LogP contribution in [0.5, 0.6) is 0 Å². The second-order valence-corrected chi connectivity index (χ2v) is 7.57. The van der Waals surface area contributed by atoms with Crippen LogP contribution >= 0.6 is 11.8 Å². The fourth-order valence-corrected chi connectivity index (χ4v) is 3.58. The summed E-state index contributed by atoms with van der Waals surface area (Å²) in [6.07, 6.45) is 0. The summed E-state index contributed by atoms with van der Waals surface area (Å²) in [6.45, 7) is 2.86. The number of nitrogens with zero attached hydrogens (tertiary/aromatic N) is 4. The fourth-order valence-electron chi connectivity index (χ4n) is 2.73. The summed E-state index contributed by atoms with van der Waals surface area (Å²) >= 11 is 1.22. The van der Waals surface area contributed by atoms with Crippen molar-refractivity contribution in [3.8, 4) is 0 Å². The fraction of sp³-hybridized carbons (Fsp3) is 0.200. The van der Waals surface area contributed by atoms with Gasteiger partial charge in [0.2, 0.25) is 17.8 Å². The van der Waals surface area contributed by atoms with E-state index in [4.69, 9.17) is 11.5 Å². The Kier molecular flexibility index (Phi) is 6.44. The van der Waals surface area contributed by atoms with Crippen LogP contribution in [-0.4, -0.2) is 31.0 Å². The summed E-state index contributed by atoms with van der Waals surface area (Å²) in [7, 11) is 0. The highest BCUT2D eigenvalue weighted by Gasteiger charge is 2.23. The first-order valence-electron chi connectivity index (χ1n) is 8.81. The van der Waals surface area contributed by atoms with Gasteiger partial charge in [-0.15, -0.1) is 0 Å². The lowest BCUT2D eigenvalue weighted by Crippen LogP contribution is -2.35. The van der Waals surface area contributed by atoms with Crippen LogP contribution < -0.4 is 11.5 Å². The minimum absolute atomic E-state index is 0.0183. The summed E-state index contributed by atoms with van der Waals surface area (Å²) in [5.74, 6) is 0.0652. The van der Waals surface area contributed by atoms with Crippen LogP contribution in [0.1, 0.15) is 18.1 Å². The number of thioether (sulfide) groups is 1. The first kappa shape index (κ1) is 19.6. The average molecular weight is 395 g/mol. The van der Waals surface area contributed by atoms with Gasteiger partial charge < -0.3 is 16.4 Å². The zero-order chi connectivity index (χ0) is 19.9. The SMILES string of the molecule is CC(Sc1nc(N)nc(N)n1)C(=O)N(Cc1ccccc1)Cc1ccccc1. The van der Waals surface area contributed by atoms with Crippen LogP contribution in [0.25, 0.3) is 0 Å². The number of amides is 1. The van der Waals surface area contributed by atoms with E-state index in [1.165, 1.54) is 11.8 Å². The zero-order valence-corrected chi connectivity index (χ0v) is 16.3. The minimum atomic E-state index is -0.409. The molecule has 1 amide bonds. The maximum Gasteiger partial charge on any atom is 0.236 e. The van der Waals surface area contributed by atoms with Gasteiger partial charge in [-0.2, -0.15) is 15.0 Å². The van der Waals surface area contributed by atoms with E-state index in [0.717, 1.165) is 11.1 Å². The highest BCUT2D eigenvalue weighted by molar-refractivity contribution is 8.00. The molecule has 0 fully saturated rings. The normalized spacial score (nSPS) is 11.8. The van der Waals surface area contributed by atoms with E-state index in [9.17, 15) is 4.79 Å². The van der Waals surface area contributed by atoms with Crippen molar-refractivity contribution >= 4 is 29.6 Å². The lowest BCUT2D eigenvalue weighted by atomic mass is 10.1. The molecule has 0 aliphatic heterocycles. The summed E-state index contributed by atoms with van der Waals surface area (Å²) in [5, 5.41) is -0.0705. The molecule has 1 aromatic heterocycles. The number of anilines is 2. The number of carbonyl (C=O) groups is 1. The van der Waals surface area contributed by atoms with Crippen molar-refractivity contribution in [2.75, 3.05) is 11.5 Å². The first-order valence-corrected chi connectivity index (χ1v) is 9.69. The highest BCUT2D eigenvalue weighted by Crippen LogP contribution is 2.23. The topological polar surface area (TPSA) is 111 Å². The molecule has 144 valence electrons. The van der Waals surface area contributed by atoms with Crippen molar-refractivity contribution in [3.63, 3.8) is 0 Å². The third kappa shape index (κ3) is 5.43. The van der Waals surface area contributed by atoms with Crippen LogP contribution in [0.15, 0.2) is 65.8 Å². The molecule has 0 radical (unpaired) electrons. The summed E-state index contributed by atoms with van der Waals surface area (Å²) in [5.41, 5.74) is 13.4. The van der Waals surface area contributed by atoms with E-state index < -0.39 is 5.25 Å². The minimum Gasteiger partial charge on any atom is -0.368 e. The molecule has 1 heterocycles. The third-order valence-corrected chi connectivity index (χ3v) is 4.97. The van der Waals surface area contributed by atoms with Gasteiger partial charge in [-0.25, -0.2) is 0 Å². The van der Waals surface area contributed by atoms with Crippen LogP contribution in [0.3, 0.4) is 0 Å².